The zero-order chi connectivity index (χ0) is 14.6. The maximum atomic E-state index is 12.3. The Morgan fingerprint density at radius 1 is 1.22 bits per heavy atom. The Bertz CT molecular complexity index is 307. The average molecular weight is 289 g/mol. The Morgan fingerprint density at radius 2 is 1.72 bits per heavy atom. The molecule has 1 N–H and O–H groups in total. The van der Waals surface area contributed by atoms with E-state index in [0.717, 1.165) is 6.42 Å². The summed E-state index contributed by atoms with van der Waals surface area (Å²) in [5.74, 6) is -0.457. The van der Waals surface area contributed by atoms with E-state index in [1.54, 1.807) is 0 Å². The summed E-state index contributed by atoms with van der Waals surface area (Å²) >= 11 is 0. The lowest BCUT2D eigenvalue weighted by Crippen LogP contribution is -2.63. The molecule has 0 rings (SSSR count). The fourth-order valence-electron chi connectivity index (χ4n) is 1.71. The monoisotopic (exact) mass is 288 g/mol. The molecule has 0 heterocycles. The molecule has 6 heteroatoms. The van der Waals surface area contributed by atoms with Gasteiger partial charge in [0.1, 0.15) is 8.24 Å². The minimum atomic E-state index is -2.00. The first-order chi connectivity index (χ1) is 7.96. The number of hydrogen-bond donors (Lipinski definition) is 1. The topological polar surface area (TPSA) is 55.4 Å². The van der Waals surface area contributed by atoms with E-state index in [0.29, 0.717) is 6.42 Å². The number of hydrogen-bond acceptors (Lipinski definition) is 4. The molecule has 0 aromatic rings. The molecule has 0 spiro atoms. The quantitative estimate of drug-likeness (QED) is 0.577. The smallest absolute Gasteiger partial charge is 0.320 e. The number of carbonyl (C=O) groups is 1. The third-order valence-corrected chi connectivity index (χ3v) is 4.11. The maximum absolute atomic E-state index is 12.3. The van der Waals surface area contributed by atoms with Crippen molar-refractivity contribution < 1.29 is 14.0 Å². The van der Waals surface area contributed by atoms with Crippen LogP contribution in [0.1, 0.15) is 19.8 Å². The highest BCUT2D eigenvalue weighted by Crippen LogP contribution is 2.19. The predicted octanol–water partition coefficient (Wildman–Crippen LogP) is 2.44. The molecular weight excluding hydrogens is 262 g/mol. The van der Waals surface area contributed by atoms with Gasteiger partial charge in [-0.15, -0.1) is 0 Å². The van der Waals surface area contributed by atoms with Crippen LogP contribution in [-0.4, -0.2) is 34.3 Å². The van der Waals surface area contributed by atoms with Crippen molar-refractivity contribution in [3.8, 4) is 0 Å². The number of rotatable bonds is 7. The van der Waals surface area contributed by atoms with Gasteiger partial charge in [-0.2, -0.15) is 0 Å². The minimum Gasteiger partial charge on any atom is -0.518 e. The lowest BCUT2D eigenvalue weighted by atomic mass is 9.97. The molecule has 0 saturated carbocycles. The van der Waals surface area contributed by atoms with E-state index in [1.165, 1.54) is 0 Å². The van der Waals surface area contributed by atoms with Crippen molar-refractivity contribution in [2.24, 2.45) is 0 Å². The molecule has 1 atom stereocenters. The van der Waals surface area contributed by atoms with Crippen molar-refractivity contribution >= 4 is 28.8 Å². The Morgan fingerprint density at radius 3 is 2.00 bits per heavy atom. The summed E-state index contributed by atoms with van der Waals surface area (Å²) in [6, 6.07) is 0. The van der Waals surface area contributed by atoms with Gasteiger partial charge in [0.25, 0.3) is 0 Å². The highest BCUT2D eigenvalue weighted by molar-refractivity contribution is 6.74. The molecule has 0 saturated heterocycles. The van der Waals surface area contributed by atoms with Crippen molar-refractivity contribution in [2.45, 2.75) is 64.6 Å². The fourth-order valence-corrected chi connectivity index (χ4v) is 4.00. The van der Waals surface area contributed by atoms with Gasteiger partial charge in [-0.3, -0.25) is 9.59 Å². The summed E-state index contributed by atoms with van der Waals surface area (Å²) in [6.45, 7) is 13.9. The molecule has 0 aliphatic carbocycles. The summed E-state index contributed by atoms with van der Waals surface area (Å²) in [6.07, 6.45) is 3.08. The second-order valence-electron chi connectivity index (χ2n) is 6.63. The number of carbonyl (C=O) groups excluding carboxylic acids is 2. The Hall–Kier alpha value is -0.466. The Kier molecular flexibility index (Phi) is 5.96. The largest absolute Gasteiger partial charge is 0.518 e. The van der Waals surface area contributed by atoms with Crippen LogP contribution in [0, 0.1) is 0 Å². The SMILES string of the molecule is CCCC([C]=O)(N[Si](C)(C)C)C(=O)O[Si](C)(C)C. The van der Waals surface area contributed by atoms with E-state index >= 15 is 0 Å². The van der Waals surface area contributed by atoms with Crippen molar-refractivity contribution in [3.05, 3.63) is 0 Å². The lowest BCUT2D eigenvalue weighted by Gasteiger charge is -2.34. The van der Waals surface area contributed by atoms with Crippen molar-refractivity contribution in [2.75, 3.05) is 0 Å². The van der Waals surface area contributed by atoms with Gasteiger partial charge in [0.2, 0.25) is 14.6 Å². The second kappa shape index (κ2) is 6.12. The maximum Gasteiger partial charge on any atom is 0.320 e. The summed E-state index contributed by atoms with van der Waals surface area (Å²) in [5, 5.41) is 0. The minimum absolute atomic E-state index is 0.435. The van der Waals surface area contributed by atoms with Crippen molar-refractivity contribution in [1.82, 2.24) is 4.98 Å². The van der Waals surface area contributed by atoms with Gasteiger partial charge in [0.05, 0.1) is 0 Å². The van der Waals surface area contributed by atoms with E-state index in [4.69, 9.17) is 4.43 Å². The van der Waals surface area contributed by atoms with Gasteiger partial charge in [0, 0.05) is 0 Å². The van der Waals surface area contributed by atoms with Gasteiger partial charge in [-0.25, -0.2) is 0 Å². The van der Waals surface area contributed by atoms with Crippen LogP contribution in [0.15, 0.2) is 0 Å². The molecule has 0 aliphatic rings. The van der Waals surface area contributed by atoms with Crippen LogP contribution in [0.5, 0.6) is 0 Å². The van der Waals surface area contributed by atoms with Gasteiger partial charge >= 0.3 is 5.97 Å². The molecule has 0 fully saturated rings. The molecule has 0 aliphatic heterocycles. The van der Waals surface area contributed by atoms with E-state index in [2.05, 4.69) is 24.6 Å². The summed E-state index contributed by atoms with van der Waals surface area (Å²) in [5.41, 5.74) is -1.28. The molecule has 1 radical (unpaired) electrons. The first-order valence-electron chi connectivity index (χ1n) is 6.38. The molecule has 1 unspecified atom stereocenters. The third-order valence-electron chi connectivity index (χ3n) is 2.13. The van der Waals surface area contributed by atoms with Crippen LogP contribution in [0.2, 0.25) is 39.3 Å². The van der Waals surface area contributed by atoms with Crippen LogP contribution < -0.4 is 4.98 Å². The standard InChI is InChI=1S/C12H26NO3Si2/c1-8-9-12(10-14,13-17(2,3)4)11(15)16-18(5,6)7/h13H,8-9H2,1-7H3. The molecule has 0 aromatic carbocycles. The number of nitrogens with one attached hydrogen (secondary N) is 1. The summed E-state index contributed by atoms with van der Waals surface area (Å²) < 4.78 is 5.49. The Balaban J connectivity index is 5.19. The lowest BCUT2D eigenvalue weighted by molar-refractivity contribution is -0.139. The van der Waals surface area contributed by atoms with Crippen LogP contribution >= 0.6 is 0 Å². The van der Waals surface area contributed by atoms with Gasteiger partial charge < -0.3 is 9.41 Å². The zero-order valence-electron chi connectivity index (χ0n) is 12.6. The fraction of sp³-hybridized carbons (Fsp3) is 0.833. The third kappa shape index (κ3) is 5.92. The average Bonchev–Trinajstić information content (AvgIpc) is 2.12. The second-order valence-corrected chi connectivity index (χ2v) is 15.8. The van der Waals surface area contributed by atoms with Crippen LogP contribution in [0.4, 0.5) is 0 Å². The molecule has 4 nitrogen and oxygen atoms in total. The summed E-state index contributed by atoms with van der Waals surface area (Å²) in [4.78, 5) is 26.9. The molecule has 0 aromatic heterocycles. The molecular formula is C12H26NO3Si2. The first kappa shape index (κ1) is 17.5. The van der Waals surface area contributed by atoms with E-state index in [9.17, 15) is 9.59 Å². The molecule has 105 valence electrons. The zero-order valence-corrected chi connectivity index (χ0v) is 14.6. The van der Waals surface area contributed by atoms with Crippen molar-refractivity contribution in [3.63, 3.8) is 0 Å². The molecule has 0 amide bonds. The van der Waals surface area contributed by atoms with Crippen LogP contribution in [0.25, 0.3) is 0 Å². The molecule has 0 bridgehead atoms. The molecule has 18 heavy (non-hydrogen) atoms. The normalized spacial score (nSPS) is 15.9. The van der Waals surface area contributed by atoms with Crippen molar-refractivity contribution in [1.29, 1.82) is 0 Å². The van der Waals surface area contributed by atoms with Gasteiger partial charge in [-0.1, -0.05) is 33.0 Å². The predicted molar refractivity (Wildman–Crippen MR) is 79.3 cm³/mol. The van der Waals surface area contributed by atoms with E-state index < -0.39 is 28.1 Å². The van der Waals surface area contributed by atoms with Gasteiger partial charge in [-0.05, 0) is 26.1 Å². The Labute approximate surface area is 113 Å². The van der Waals surface area contributed by atoms with E-state index in [1.807, 2.05) is 32.9 Å². The first-order valence-corrected chi connectivity index (χ1v) is 13.3. The highest BCUT2D eigenvalue weighted by atomic mass is 28.4. The van der Waals surface area contributed by atoms with Gasteiger partial charge in [0.15, 0.2) is 5.54 Å². The van der Waals surface area contributed by atoms with E-state index in [-0.39, 0.29) is 0 Å². The summed E-state index contributed by atoms with van der Waals surface area (Å²) in [7, 11) is -3.79. The highest BCUT2D eigenvalue weighted by Gasteiger charge is 2.44. The van der Waals surface area contributed by atoms with Crippen LogP contribution in [0.3, 0.4) is 0 Å². The van der Waals surface area contributed by atoms with Crippen LogP contribution in [-0.2, 0) is 14.0 Å².